The van der Waals surface area contributed by atoms with Crippen LogP contribution in [0.3, 0.4) is 0 Å². The minimum absolute atomic E-state index is 0. The second-order valence-electron chi connectivity index (χ2n) is 5.26. The number of likely N-dealkylation sites (N-methyl/N-ethyl adjacent to an activating group) is 2. The normalized spacial score (nSPS) is 11.9. The van der Waals surface area contributed by atoms with Crippen molar-refractivity contribution in [2.45, 2.75) is 13.0 Å². The summed E-state index contributed by atoms with van der Waals surface area (Å²) in [5, 5.41) is 4.34. The summed E-state index contributed by atoms with van der Waals surface area (Å²) in [6.07, 6.45) is 0. The summed E-state index contributed by atoms with van der Waals surface area (Å²) in [7, 11) is 6.12. The van der Waals surface area contributed by atoms with Crippen LogP contribution in [0, 0.1) is 0 Å². The van der Waals surface area contributed by atoms with Crippen molar-refractivity contribution < 1.29 is 4.84 Å². The monoisotopic (exact) mass is 330 g/mol. The second-order valence-corrected chi connectivity index (χ2v) is 5.26. The van der Waals surface area contributed by atoms with Crippen molar-refractivity contribution in [1.29, 1.82) is 0 Å². The molecule has 0 aliphatic heterocycles. The van der Waals surface area contributed by atoms with Gasteiger partial charge in [-0.15, -0.1) is 29.9 Å². The van der Waals surface area contributed by atoms with Gasteiger partial charge in [0.15, 0.2) is 0 Å². The lowest BCUT2D eigenvalue weighted by molar-refractivity contribution is -0.0701. The van der Waals surface area contributed by atoms with Gasteiger partial charge in [-0.1, -0.05) is 30.3 Å². The Morgan fingerprint density at radius 2 is 1.57 bits per heavy atom. The molecule has 2 aromatic rings. The maximum Gasteiger partial charge on any atom is 0.148 e. The van der Waals surface area contributed by atoms with E-state index < -0.39 is 0 Å². The van der Waals surface area contributed by atoms with Gasteiger partial charge in [0.05, 0.1) is 6.04 Å². The number of nitrogens with zero attached hydrogens (tertiary/aromatic N) is 2. The van der Waals surface area contributed by atoms with E-state index in [-0.39, 0.29) is 24.8 Å². The Morgan fingerprint density at radius 1 is 0.952 bits per heavy atom. The molecule has 0 N–H and O–H groups in total. The van der Waals surface area contributed by atoms with Crippen molar-refractivity contribution in [3.8, 4) is 5.75 Å². The van der Waals surface area contributed by atoms with E-state index in [2.05, 4.69) is 50.2 Å². The average Bonchev–Trinajstić information content (AvgIpc) is 2.37. The molecule has 118 valence electrons. The van der Waals surface area contributed by atoms with E-state index in [9.17, 15) is 0 Å². The zero-order valence-electron chi connectivity index (χ0n) is 12.9. The summed E-state index contributed by atoms with van der Waals surface area (Å²) in [5.41, 5.74) is 0. The number of hydrogen-bond donors (Lipinski definition) is 0. The first kappa shape index (κ1) is 20.0. The quantitative estimate of drug-likeness (QED) is 0.774. The van der Waals surface area contributed by atoms with Crippen molar-refractivity contribution in [3.05, 3.63) is 42.5 Å². The Balaban J connectivity index is 0.00000200. The molecule has 0 bridgehead atoms. The molecule has 21 heavy (non-hydrogen) atoms. The van der Waals surface area contributed by atoms with Crippen LogP contribution in [0.25, 0.3) is 10.8 Å². The van der Waals surface area contributed by atoms with Gasteiger partial charge in [0.1, 0.15) is 5.75 Å². The maximum absolute atomic E-state index is 5.89. The van der Waals surface area contributed by atoms with Gasteiger partial charge in [-0.3, -0.25) is 0 Å². The van der Waals surface area contributed by atoms with Gasteiger partial charge >= 0.3 is 0 Å². The molecule has 0 saturated heterocycles. The molecule has 0 saturated carbocycles. The number of hydrogen-bond acceptors (Lipinski definition) is 3. The number of halogens is 2. The molecule has 2 rings (SSSR count). The third kappa shape index (κ3) is 5.71. The van der Waals surface area contributed by atoms with Crippen molar-refractivity contribution in [1.82, 2.24) is 9.96 Å². The fourth-order valence-corrected chi connectivity index (χ4v) is 2.12. The third-order valence-corrected chi connectivity index (χ3v) is 3.22. The standard InChI is InChI=1S/C16H22N2O.2ClH/c1-13(12-17(2)3)18(4)19-16-10-9-14-7-5-6-8-15(14)11-16;;/h5-11,13H,12H2,1-4H3;2*1H. The molecule has 0 heterocycles. The smallest absolute Gasteiger partial charge is 0.148 e. The van der Waals surface area contributed by atoms with Crippen molar-refractivity contribution in [2.24, 2.45) is 0 Å². The van der Waals surface area contributed by atoms with Crippen LogP contribution in [0.4, 0.5) is 0 Å². The summed E-state index contributed by atoms with van der Waals surface area (Å²) in [4.78, 5) is 8.05. The molecular weight excluding hydrogens is 307 g/mol. The van der Waals surface area contributed by atoms with Crippen LogP contribution in [0.15, 0.2) is 42.5 Å². The van der Waals surface area contributed by atoms with E-state index in [4.69, 9.17) is 4.84 Å². The summed E-state index contributed by atoms with van der Waals surface area (Å²) >= 11 is 0. The summed E-state index contributed by atoms with van der Waals surface area (Å²) in [6.45, 7) is 3.12. The lowest BCUT2D eigenvalue weighted by Crippen LogP contribution is -2.39. The Morgan fingerprint density at radius 3 is 2.19 bits per heavy atom. The highest BCUT2D eigenvalue weighted by Gasteiger charge is 2.12. The largest absolute Gasteiger partial charge is 0.406 e. The first-order valence-electron chi connectivity index (χ1n) is 6.60. The van der Waals surface area contributed by atoms with Gasteiger partial charge in [-0.05, 0) is 43.9 Å². The maximum atomic E-state index is 5.89. The van der Waals surface area contributed by atoms with E-state index in [0.717, 1.165) is 12.3 Å². The Bertz CT molecular complexity index is 549. The zero-order chi connectivity index (χ0) is 13.8. The predicted molar refractivity (Wildman–Crippen MR) is 94.9 cm³/mol. The van der Waals surface area contributed by atoms with Gasteiger partial charge in [0.25, 0.3) is 0 Å². The van der Waals surface area contributed by atoms with Crippen LogP contribution in [0.2, 0.25) is 0 Å². The topological polar surface area (TPSA) is 15.7 Å². The molecule has 1 atom stereocenters. The van der Waals surface area contributed by atoms with E-state index in [1.54, 1.807) is 0 Å². The Hall–Kier alpha value is -1.000. The van der Waals surface area contributed by atoms with Gasteiger partial charge in [0.2, 0.25) is 0 Å². The molecule has 0 aliphatic rings. The van der Waals surface area contributed by atoms with Gasteiger partial charge in [-0.2, -0.15) is 0 Å². The van der Waals surface area contributed by atoms with E-state index >= 15 is 0 Å². The van der Waals surface area contributed by atoms with Crippen LogP contribution in [0.1, 0.15) is 6.92 Å². The van der Waals surface area contributed by atoms with Crippen LogP contribution in [-0.2, 0) is 0 Å². The molecule has 2 aromatic carbocycles. The molecule has 0 radical (unpaired) electrons. The zero-order valence-corrected chi connectivity index (χ0v) is 14.6. The fraction of sp³-hybridized carbons (Fsp3) is 0.375. The Kier molecular flexibility index (Phi) is 8.67. The number of benzene rings is 2. The van der Waals surface area contributed by atoms with Crippen molar-refractivity contribution in [3.63, 3.8) is 0 Å². The van der Waals surface area contributed by atoms with E-state index in [1.807, 2.05) is 30.3 Å². The van der Waals surface area contributed by atoms with Gasteiger partial charge in [0, 0.05) is 13.6 Å². The molecule has 0 aromatic heterocycles. The van der Waals surface area contributed by atoms with E-state index in [0.29, 0.717) is 6.04 Å². The molecular formula is C16H24Cl2N2O. The summed E-state index contributed by atoms with van der Waals surface area (Å²) in [5.74, 6) is 0.881. The SMILES string of the molecule is CC(CN(C)C)N(C)Oc1ccc2ccccc2c1.Cl.Cl. The van der Waals surface area contributed by atoms with Crippen LogP contribution >= 0.6 is 24.8 Å². The lowest BCUT2D eigenvalue weighted by Gasteiger charge is -2.26. The number of rotatable bonds is 5. The third-order valence-electron chi connectivity index (χ3n) is 3.22. The van der Waals surface area contributed by atoms with Crippen molar-refractivity contribution in [2.75, 3.05) is 27.7 Å². The Labute approximate surface area is 139 Å². The van der Waals surface area contributed by atoms with Gasteiger partial charge in [-0.25, -0.2) is 0 Å². The molecule has 1 unspecified atom stereocenters. The van der Waals surface area contributed by atoms with Crippen molar-refractivity contribution >= 4 is 35.6 Å². The lowest BCUT2D eigenvalue weighted by atomic mass is 10.1. The minimum Gasteiger partial charge on any atom is -0.406 e. The first-order valence-corrected chi connectivity index (χ1v) is 6.60. The number of hydroxylamine groups is 2. The molecule has 0 amide bonds. The first-order chi connectivity index (χ1) is 9.06. The summed E-state index contributed by atoms with van der Waals surface area (Å²) in [6, 6.07) is 14.8. The molecule has 0 spiro atoms. The average molecular weight is 331 g/mol. The molecule has 3 nitrogen and oxygen atoms in total. The highest BCUT2D eigenvalue weighted by Crippen LogP contribution is 2.21. The second kappa shape index (κ2) is 9.11. The van der Waals surface area contributed by atoms with Crippen LogP contribution in [0.5, 0.6) is 5.75 Å². The molecule has 5 heteroatoms. The van der Waals surface area contributed by atoms with E-state index in [1.165, 1.54) is 10.8 Å². The van der Waals surface area contributed by atoms with Gasteiger partial charge < -0.3 is 9.74 Å². The number of fused-ring (bicyclic) bond motifs is 1. The minimum atomic E-state index is 0. The highest BCUT2D eigenvalue weighted by atomic mass is 35.5. The summed E-state index contributed by atoms with van der Waals surface area (Å²) < 4.78 is 0. The van der Waals surface area contributed by atoms with Crippen LogP contribution < -0.4 is 4.84 Å². The predicted octanol–water partition coefficient (Wildman–Crippen LogP) is 3.86. The highest BCUT2D eigenvalue weighted by molar-refractivity contribution is 5.85. The fourth-order valence-electron chi connectivity index (χ4n) is 2.12. The van der Waals surface area contributed by atoms with Crippen LogP contribution in [-0.4, -0.2) is 43.7 Å². The molecule has 0 aliphatic carbocycles. The molecule has 0 fully saturated rings.